The van der Waals surface area contributed by atoms with Crippen molar-refractivity contribution in [2.75, 3.05) is 11.5 Å². The fourth-order valence-electron chi connectivity index (χ4n) is 0.536. The van der Waals surface area contributed by atoms with Crippen molar-refractivity contribution in [2.45, 2.75) is 5.16 Å². The maximum absolute atomic E-state index is 10.3. The summed E-state index contributed by atoms with van der Waals surface area (Å²) < 4.78 is 0. The fraction of sp³-hybridized carbons (Fsp3) is 0.167. The number of nitrogens with two attached hydrogens (primary N) is 1. The molecule has 0 fully saturated rings. The van der Waals surface area contributed by atoms with Crippen molar-refractivity contribution in [3.05, 3.63) is 12.2 Å². The van der Waals surface area contributed by atoms with Crippen LogP contribution in [0.4, 0.5) is 5.95 Å². The van der Waals surface area contributed by atoms with Crippen LogP contribution in [-0.4, -0.2) is 32.0 Å². The van der Waals surface area contributed by atoms with Crippen LogP contribution in [0.15, 0.2) is 17.3 Å². The van der Waals surface area contributed by atoms with E-state index in [0.29, 0.717) is 5.16 Å². The van der Waals surface area contributed by atoms with E-state index in [9.17, 15) is 4.79 Å². The van der Waals surface area contributed by atoms with Gasteiger partial charge in [0.15, 0.2) is 0 Å². The van der Waals surface area contributed by atoms with Gasteiger partial charge >= 0.3 is 5.97 Å². The molecule has 13 heavy (non-hydrogen) atoms. The van der Waals surface area contributed by atoms with Crippen LogP contribution in [0.2, 0.25) is 0 Å². The summed E-state index contributed by atoms with van der Waals surface area (Å²) in [6.07, 6.45) is 0. The normalized spacial score (nSPS) is 9.85. The van der Waals surface area contributed by atoms with Gasteiger partial charge in [0.05, 0.1) is 0 Å². The van der Waals surface area contributed by atoms with Crippen molar-refractivity contribution in [2.24, 2.45) is 0 Å². The van der Waals surface area contributed by atoms with Crippen LogP contribution in [0.5, 0.6) is 0 Å². The number of hydrogen-bond acceptors (Lipinski definition) is 5. The van der Waals surface area contributed by atoms with Gasteiger partial charge < -0.3 is 10.8 Å². The SMILES string of the molecule is C=C(CSc1n[nH]c(N)n1)C(=O)O. The van der Waals surface area contributed by atoms with Crippen molar-refractivity contribution in [3.63, 3.8) is 0 Å². The minimum atomic E-state index is -1.02. The van der Waals surface area contributed by atoms with Crippen molar-refractivity contribution in [1.29, 1.82) is 0 Å². The van der Waals surface area contributed by atoms with E-state index in [1.165, 1.54) is 0 Å². The van der Waals surface area contributed by atoms with Crippen molar-refractivity contribution in [3.8, 4) is 0 Å². The average Bonchev–Trinajstić information content (AvgIpc) is 2.47. The minimum Gasteiger partial charge on any atom is -0.478 e. The molecule has 6 nitrogen and oxygen atoms in total. The molecule has 0 unspecified atom stereocenters. The van der Waals surface area contributed by atoms with Gasteiger partial charge in [0.2, 0.25) is 11.1 Å². The molecule has 0 aliphatic rings. The maximum Gasteiger partial charge on any atom is 0.331 e. The largest absolute Gasteiger partial charge is 0.478 e. The van der Waals surface area contributed by atoms with Gasteiger partial charge in [0.1, 0.15) is 0 Å². The second kappa shape index (κ2) is 3.94. The van der Waals surface area contributed by atoms with Gasteiger partial charge in [-0.1, -0.05) is 18.3 Å². The Bertz CT molecular complexity index is 335. The number of aromatic nitrogens is 3. The number of aromatic amines is 1. The van der Waals surface area contributed by atoms with Crippen LogP contribution in [0.25, 0.3) is 0 Å². The summed E-state index contributed by atoms with van der Waals surface area (Å²) in [5, 5.41) is 15.1. The van der Waals surface area contributed by atoms with E-state index in [4.69, 9.17) is 10.8 Å². The summed E-state index contributed by atoms with van der Waals surface area (Å²) in [7, 11) is 0. The monoisotopic (exact) mass is 200 g/mol. The van der Waals surface area contributed by atoms with Crippen LogP contribution in [0.3, 0.4) is 0 Å². The number of carboxylic acids is 1. The molecule has 70 valence electrons. The molecule has 0 bridgehead atoms. The van der Waals surface area contributed by atoms with E-state index in [1.54, 1.807) is 0 Å². The first-order chi connectivity index (χ1) is 6.09. The zero-order valence-corrected chi connectivity index (χ0v) is 7.47. The van der Waals surface area contributed by atoms with E-state index in [1.807, 2.05) is 0 Å². The Morgan fingerprint density at radius 2 is 2.46 bits per heavy atom. The summed E-state index contributed by atoms with van der Waals surface area (Å²) in [5.41, 5.74) is 5.37. The highest BCUT2D eigenvalue weighted by molar-refractivity contribution is 7.99. The summed E-state index contributed by atoms with van der Waals surface area (Å²) in [6, 6.07) is 0. The summed E-state index contributed by atoms with van der Waals surface area (Å²) >= 11 is 1.16. The van der Waals surface area contributed by atoms with Crippen molar-refractivity contribution >= 4 is 23.7 Å². The Labute approximate surface area is 78.2 Å². The Morgan fingerprint density at radius 1 is 1.77 bits per heavy atom. The molecular formula is C6H8N4O2S. The van der Waals surface area contributed by atoms with Gasteiger partial charge in [-0.15, -0.1) is 5.10 Å². The zero-order chi connectivity index (χ0) is 9.84. The molecule has 0 saturated heterocycles. The Hall–Kier alpha value is -1.50. The predicted molar refractivity (Wildman–Crippen MR) is 48.3 cm³/mol. The minimum absolute atomic E-state index is 0.105. The van der Waals surface area contributed by atoms with Crippen LogP contribution < -0.4 is 5.73 Å². The number of aliphatic carboxylic acids is 1. The van der Waals surface area contributed by atoms with Gasteiger partial charge in [-0.25, -0.2) is 9.89 Å². The molecule has 0 radical (unpaired) electrons. The van der Waals surface area contributed by atoms with E-state index in [2.05, 4.69) is 21.8 Å². The Balaban J connectivity index is 2.44. The number of nitrogen functional groups attached to an aromatic ring is 1. The Kier molecular flexibility index (Phi) is 2.91. The topological polar surface area (TPSA) is 105 Å². The van der Waals surface area contributed by atoms with Gasteiger partial charge in [-0.3, -0.25) is 0 Å². The smallest absolute Gasteiger partial charge is 0.331 e. The van der Waals surface area contributed by atoms with E-state index in [0.717, 1.165) is 11.8 Å². The molecule has 7 heteroatoms. The third-order valence-corrected chi connectivity index (χ3v) is 2.09. The van der Waals surface area contributed by atoms with E-state index in [-0.39, 0.29) is 17.3 Å². The maximum atomic E-state index is 10.3. The number of rotatable bonds is 4. The molecule has 0 spiro atoms. The number of anilines is 1. The molecule has 4 N–H and O–H groups in total. The van der Waals surface area contributed by atoms with Gasteiger partial charge in [0.25, 0.3) is 0 Å². The number of H-pyrrole nitrogens is 1. The highest BCUT2D eigenvalue weighted by atomic mass is 32.2. The highest BCUT2D eigenvalue weighted by Crippen LogP contribution is 2.15. The third-order valence-electron chi connectivity index (χ3n) is 1.16. The second-order valence-corrected chi connectivity index (χ2v) is 3.14. The predicted octanol–water partition coefficient (Wildman–Crippen LogP) is 0.120. The summed E-state index contributed by atoms with van der Waals surface area (Å²) in [4.78, 5) is 14.1. The summed E-state index contributed by atoms with van der Waals surface area (Å²) in [5.74, 6) is -0.563. The Morgan fingerprint density at radius 3 is 2.92 bits per heavy atom. The lowest BCUT2D eigenvalue weighted by atomic mass is 10.4. The van der Waals surface area contributed by atoms with Gasteiger partial charge in [0, 0.05) is 11.3 Å². The lowest BCUT2D eigenvalue weighted by Gasteiger charge is -1.95. The lowest BCUT2D eigenvalue weighted by Crippen LogP contribution is -2.01. The summed E-state index contributed by atoms with van der Waals surface area (Å²) in [6.45, 7) is 3.36. The molecule has 1 rings (SSSR count). The molecule has 0 atom stereocenters. The van der Waals surface area contributed by atoms with Gasteiger partial charge in [-0.05, 0) is 0 Å². The number of hydrogen-bond donors (Lipinski definition) is 3. The molecule has 0 aliphatic carbocycles. The number of carbonyl (C=O) groups is 1. The number of thioether (sulfide) groups is 1. The van der Waals surface area contributed by atoms with E-state index >= 15 is 0 Å². The lowest BCUT2D eigenvalue weighted by molar-refractivity contribution is -0.132. The van der Waals surface area contributed by atoms with Crippen LogP contribution >= 0.6 is 11.8 Å². The number of carboxylic acid groups (broad SMARTS) is 1. The first kappa shape index (κ1) is 9.59. The molecule has 1 aromatic rings. The highest BCUT2D eigenvalue weighted by Gasteiger charge is 2.06. The first-order valence-electron chi connectivity index (χ1n) is 3.31. The standard InChI is InChI=1S/C6H8N4O2S/c1-3(4(11)12)2-13-6-8-5(7)9-10-6/h1-2H2,(H,11,12)(H3,7,8,9,10). The molecule has 0 aliphatic heterocycles. The van der Waals surface area contributed by atoms with E-state index < -0.39 is 5.97 Å². The van der Waals surface area contributed by atoms with Crippen molar-refractivity contribution in [1.82, 2.24) is 15.2 Å². The molecule has 0 saturated carbocycles. The number of nitrogens with zero attached hydrogens (tertiary/aromatic N) is 2. The molecule has 0 aromatic carbocycles. The number of nitrogens with one attached hydrogen (secondary N) is 1. The third kappa shape index (κ3) is 2.79. The molecule has 1 heterocycles. The molecule has 1 aromatic heterocycles. The average molecular weight is 200 g/mol. The quantitative estimate of drug-likeness (QED) is 0.471. The second-order valence-electron chi connectivity index (χ2n) is 2.20. The molecule has 0 amide bonds. The van der Waals surface area contributed by atoms with Crippen LogP contribution in [0.1, 0.15) is 0 Å². The fourth-order valence-corrected chi connectivity index (χ4v) is 1.24. The van der Waals surface area contributed by atoms with Crippen LogP contribution in [0, 0.1) is 0 Å². The first-order valence-corrected chi connectivity index (χ1v) is 4.30. The van der Waals surface area contributed by atoms with Crippen molar-refractivity contribution < 1.29 is 9.90 Å². The van der Waals surface area contributed by atoms with Gasteiger partial charge in [-0.2, -0.15) is 4.98 Å². The zero-order valence-electron chi connectivity index (χ0n) is 6.65. The molecular weight excluding hydrogens is 192 g/mol. The van der Waals surface area contributed by atoms with Crippen LogP contribution in [-0.2, 0) is 4.79 Å².